The Bertz CT molecular complexity index is 2480. The normalized spacial score (nSPS) is 29.1. The van der Waals surface area contributed by atoms with Crippen LogP contribution in [0.25, 0.3) is 32.7 Å². The van der Waals surface area contributed by atoms with Crippen LogP contribution in [0, 0.1) is 60.2 Å². The minimum absolute atomic E-state index is 0.00774. The summed E-state index contributed by atoms with van der Waals surface area (Å²) >= 11 is 0. The van der Waals surface area contributed by atoms with Gasteiger partial charge in [-0.25, -0.2) is 10.9 Å². The molecule has 338 valence electrons. The van der Waals surface area contributed by atoms with Crippen LogP contribution in [-0.2, 0) is 9.59 Å². The van der Waals surface area contributed by atoms with Crippen LogP contribution in [-0.4, -0.2) is 54.9 Å². The summed E-state index contributed by atoms with van der Waals surface area (Å²) in [6.45, 7) is 11.0. The molecule has 8 bridgehead atoms. The number of carbonyl (C=O) groups excluding carboxylic acids is 2. The van der Waals surface area contributed by atoms with Crippen LogP contribution in [0.3, 0.4) is 0 Å². The molecular weight excluding hydrogens is 809 g/mol. The van der Waals surface area contributed by atoms with Crippen LogP contribution in [0.4, 0.5) is 0 Å². The average molecular weight is 871 g/mol. The second-order valence-electron chi connectivity index (χ2n) is 21.8. The zero-order chi connectivity index (χ0) is 45.3. The summed E-state index contributed by atoms with van der Waals surface area (Å²) < 4.78 is 0. The van der Waals surface area contributed by atoms with Crippen molar-refractivity contribution >= 4 is 45.8 Å². The standard InChI is InChI=1S/C52H62N4O8/c1-23(2)37-33-7-25(5)39(45(59)41(33)35(43(57)47(37)61)21-53-55-49(63)51-15-27-9-28(16-51)11-29(10-27)17-51)40-26(6)8-34-38(24(3)4)48(62)44(58)36(42(34)46(40)60)22-54-56-50(64)52-18-30-12-31(19-52)14-32(13-30)20-52/h7-8,21-24,27-32,57-62H,9-20H2,1-6H3,(H,55,63)(H,56,64)/b53-21-,54-22-. The quantitative estimate of drug-likeness (QED) is 0.0461. The molecule has 0 radical (unpaired) electrons. The number of aromatic hydroxyl groups is 6. The maximum absolute atomic E-state index is 13.9. The number of rotatable bonds is 9. The summed E-state index contributed by atoms with van der Waals surface area (Å²) in [5.41, 5.74) is 6.94. The van der Waals surface area contributed by atoms with Crippen LogP contribution < -0.4 is 10.9 Å². The number of nitrogens with one attached hydrogen (secondary N) is 2. The third kappa shape index (κ3) is 6.43. The number of phenolic OH excluding ortho intramolecular Hbond substituents is 6. The maximum Gasteiger partial charge on any atom is 0.246 e. The molecule has 0 aromatic heterocycles. The highest BCUT2D eigenvalue weighted by Crippen LogP contribution is 2.62. The molecule has 0 heterocycles. The molecule has 0 aliphatic heterocycles. The lowest BCUT2D eigenvalue weighted by Crippen LogP contribution is -2.52. The van der Waals surface area contributed by atoms with E-state index in [1.165, 1.54) is 51.0 Å². The number of benzene rings is 4. The topological polar surface area (TPSA) is 204 Å². The SMILES string of the molecule is Cc1cc2c(C(C)C)c(O)c(O)c(/C=N\NC(=O)C34CC5CC(CC(C5)C3)C4)c2c(O)c1-c1c(C)cc2c(C(C)C)c(O)c(O)c(/C=N\NC(=O)C34CC5CC(CC(C5)C3)C4)c2c1O. The predicted octanol–water partition coefficient (Wildman–Crippen LogP) is 10.1. The highest BCUT2D eigenvalue weighted by molar-refractivity contribution is 6.15. The van der Waals surface area contributed by atoms with E-state index < -0.39 is 22.3 Å². The molecule has 8 N–H and O–H groups in total. The summed E-state index contributed by atoms with van der Waals surface area (Å²) in [5, 5.41) is 81.4. The van der Waals surface area contributed by atoms with Gasteiger partial charge in [0.1, 0.15) is 11.5 Å². The fourth-order valence-corrected chi connectivity index (χ4v) is 14.9. The van der Waals surface area contributed by atoms with E-state index >= 15 is 0 Å². The lowest BCUT2D eigenvalue weighted by Gasteiger charge is -2.55. The summed E-state index contributed by atoms with van der Waals surface area (Å²) in [5.74, 6) is 0.105. The van der Waals surface area contributed by atoms with Gasteiger partial charge in [0.25, 0.3) is 0 Å². The number of amides is 2. The summed E-state index contributed by atoms with van der Waals surface area (Å²) in [6.07, 6.45) is 14.7. The van der Waals surface area contributed by atoms with E-state index in [1.54, 1.807) is 26.0 Å². The van der Waals surface area contributed by atoms with Gasteiger partial charge in [0.15, 0.2) is 23.0 Å². The highest BCUT2D eigenvalue weighted by Gasteiger charge is 2.56. The van der Waals surface area contributed by atoms with Gasteiger partial charge in [-0.05, 0) is 160 Å². The number of fused-ring (bicyclic) bond motifs is 2. The average Bonchev–Trinajstić information content (AvgIpc) is 3.20. The Kier molecular flexibility index (Phi) is 9.96. The number of hydrazone groups is 2. The number of hydrogen-bond donors (Lipinski definition) is 8. The van der Waals surface area contributed by atoms with Gasteiger partial charge in [0.2, 0.25) is 11.8 Å². The second kappa shape index (κ2) is 15.0. The fraction of sp³-hybridized carbons (Fsp3) is 0.538. The van der Waals surface area contributed by atoms with Gasteiger partial charge in [0, 0.05) is 33.0 Å². The zero-order valence-corrected chi connectivity index (χ0v) is 37.8. The first-order valence-electron chi connectivity index (χ1n) is 23.6. The number of aryl methyl sites for hydroxylation is 2. The van der Waals surface area contributed by atoms with Crippen LogP contribution in [0.1, 0.15) is 150 Å². The Hall–Kier alpha value is -5.52. The number of hydrogen-bond acceptors (Lipinski definition) is 10. The Morgan fingerprint density at radius 3 is 1.11 bits per heavy atom. The van der Waals surface area contributed by atoms with E-state index in [2.05, 4.69) is 21.1 Å². The third-order valence-corrected chi connectivity index (χ3v) is 16.7. The zero-order valence-electron chi connectivity index (χ0n) is 37.8. The van der Waals surface area contributed by atoms with Gasteiger partial charge in [0.05, 0.1) is 34.4 Å². The number of nitrogens with zero attached hydrogens (tertiary/aromatic N) is 2. The smallest absolute Gasteiger partial charge is 0.246 e. The fourth-order valence-electron chi connectivity index (χ4n) is 14.9. The van der Waals surface area contributed by atoms with Crippen molar-refractivity contribution in [3.63, 3.8) is 0 Å². The Balaban J connectivity index is 1.09. The van der Waals surface area contributed by atoms with Crippen LogP contribution in [0.15, 0.2) is 22.3 Å². The first-order valence-corrected chi connectivity index (χ1v) is 23.6. The molecule has 12 heteroatoms. The van der Waals surface area contributed by atoms with Crippen molar-refractivity contribution in [1.29, 1.82) is 0 Å². The number of phenols is 6. The molecule has 8 aliphatic rings. The van der Waals surface area contributed by atoms with E-state index in [0.29, 0.717) is 68.5 Å². The lowest BCUT2D eigenvalue weighted by molar-refractivity contribution is -0.146. The molecule has 0 saturated heterocycles. The molecule has 0 spiro atoms. The van der Waals surface area contributed by atoms with Gasteiger partial charge in [-0.3, -0.25) is 9.59 Å². The minimum atomic E-state index is -0.510. The molecule has 0 atom stereocenters. The molecule has 2 amide bonds. The van der Waals surface area contributed by atoms with E-state index in [4.69, 9.17) is 0 Å². The molecule has 12 nitrogen and oxygen atoms in total. The second-order valence-corrected chi connectivity index (χ2v) is 21.8. The van der Waals surface area contributed by atoms with E-state index in [1.807, 2.05) is 27.7 Å². The summed E-state index contributed by atoms with van der Waals surface area (Å²) in [6, 6.07) is 3.59. The molecule has 0 unspecified atom stereocenters. The summed E-state index contributed by atoms with van der Waals surface area (Å²) in [4.78, 5) is 27.7. The largest absolute Gasteiger partial charge is 0.507 e. The van der Waals surface area contributed by atoms with Crippen molar-refractivity contribution in [2.24, 2.45) is 56.5 Å². The summed E-state index contributed by atoms with van der Waals surface area (Å²) in [7, 11) is 0. The lowest BCUT2D eigenvalue weighted by atomic mass is 9.49. The molecule has 64 heavy (non-hydrogen) atoms. The van der Waals surface area contributed by atoms with Crippen molar-refractivity contribution in [3.05, 3.63) is 45.5 Å². The number of carbonyl (C=O) groups is 2. The minimum Gasteiger partial charge on any atom is -0.507 e. The molecule has 8 aliphatic carbocycles. The van der Waals surface area contributed by atoms with Crippen molar-refractivity contribution in [2.75, 3.05) is 0 Å². The Morgan fingerprint density at radius 2 is 0.828 bits per heavy atom. The maximum atomic E-state index is 13.9. The Labute approximate surface area is 373 Å². The first kappa shape index (κ1) is 42.4. The van der Waals surface area contributed by atoms with Crippen LogP contribution in [0.5, 0.6) is 34.5 Å². The van der Waals surface area contributed by atoms with Crippen molar-refractivity contribution in [3.8, 4) is 45.6 Å². The van der Waals surface area contributed by atoms with Crippen LogP contribution in [0.2, 0.25) is 0 Å². The van der Waals surface area contributed by atoms with Gasteiger partial charge < -0.3 is 30.6 Å². The molecule has 12 rings (SSSR count). The Morgan fingerprint density at radius 1 is 0.531 bits per heavy atom. The molecule has 8 fully saturated rings. The molecule has 8 saturated carbocycles. The van der Waals surface area contributed by atoms with Gasteiger partial charge in [-0.1, -0.05) is 39.8 Å². The predicted molar refractivity (Wildman–Crippen MR) is 247 cm³/mol. The van der Waals surface area contributed by atoms with Crippen LogP contribution >= 0.6 is 0 Å². The van der Waals surface area contributed by atoms with E-state index in [0.717, 1.165) is 38.5 Å². The highest BCUT2D eigenvalue weighted by atomic mass is 16.3. The third-order valence-electron chi connectivity index (χ3n) is 16.7. The molecule has 4 aromatic rings. The molecular formula is C52H62N4O8. The van der Waals surface area contributed by atoms with Gasteiger partial charge >= 0.3 is 0 Å². The van der Waals surface area contributed by atoms with E-state index in [9.17, 15) is 40.2 Å². The van der Waals surface area contributed by atoms with Crippen molar-refractivity contribution in [1.82, 2.24) is 10.9 Å². The van der Waals surface area contributed by atoms with Gasteiger partial charge in [-0.15, -0.1) is 0 Å². The van der Waals surface area contributed by atoms with Crippen molar-refractivity contribution < 1.29 is 40.2 Å². The molecule has 4 aromatic carbocycles. The first-order chi connectivity index (χ1) is 30.4. The van der Waals surface area contributed by atoms with E-state index in [-0.39, 0.29) is 79.7 Å². The monoisotopic (exact) mass is 870 g/mol. The van der Waals surface area contributed by atoms with Gasteiger partial charge in [-0.2, -0.15) is 10.2 Å². The van der Waals surface area contributed by atoms with Crippen molar-refractivity contribution in [2.45, 2.75) is 130 Å².